The molecule has 184 valence electrons. The third-order valence-corrected chi connectivity index (χ3v) is 7.56. The van der Waals surface area contributed by atoms with E-state index in [-0.39, 0.29) is 30.6 Å². The molecule has 2 aromatic carbocycles. The first-order valence-corrected chi connectivity index (χ1v) is 13.1. The number of fused-ring (bicyclic) bond motifs is 1. The van der Waals surface area contributed by atoms with Gasteiger partial charge in [0.2, 0.25) is 5.91 Å². The van der Waals surface area contributed by atoms with Crippen LogP contribution in [0.1, 0.15) is 36.8 Å². The molecule has 2 heterocycles. The number of nitrogens with zero attached hydrogens (tertiary/aromatic N) is 2. The summed E-state index contributed by atoms with van der Waals surface area (Å²) in [5.74, 6) is 0.675. The average molecular weight is 512 g/mol. The molecule has 1 aliphatic heterocycles. The van der Waals surface area contributed by atoms with Crippen LogP contribution in [-0.2, 0) is 11.2 Å². The molecule has 0 unspecified atom stereocenters. The number of benzene rings is 2. The maximum Gasteiger partial charge on any atom is 0.322 e. The van der Waals surface area contributed by atoms with Gasteiger partial charge in [0, 0.05) is 28.2 Å². The highest BCUT2D eigenvalue weighted by molar-refractivity contribution is 7.10. The van der Waals surface area contributed by atoms with Crippen molar-refractivity contribution in [3.8, 4) is 5.75 Å². The van der Waals surface area contributed by atoms with Crippen LogP contribution < -0.4 is 10.1 Å². The molecule has 2 atom stereocenters. The fraction of sp³-hybridized carbons (Fsp3) is 0.333. The number of hydrogen-bond donors (Lipinski definition) is 1. The number of hydrogen-bond acceptors (Lipinski definition) is 4. The molecule has 6 nitrogen and oxygen atoms in total. The summed E-state index contributed by atoms with van der Waals surface area (Å²) < 4.78 is 6.07. The first kappa shape index (κ1) is 25.1. The molecule has 0 spiro atoms. The van der Waals surface area contributed by atoms with Gasteiger partial charge in [-0.05, 0) is 67.1 Å². The number of urea groups is 1. The second-order valence-electron chi connectivity index (χ2n) is 8.60. The Morgan fingerprint density at radius 3 is 2.74 bits per heavy atom. The number of carbonyl (C=O) groups is 2. The van der Waals surface area contributed by atoms with Crippen molar-refractivity contribution in [3.63, 3.8) is 0 Å². The van der Waals surface area contributed by atoms with Gasteiger partial charge in [-0.25, -0.2) is 4.79 Å². The minimum atomic E-state index is -0.319. The van der Waals surface area contributed by atoms with E-state index in [1.165, 1.54) is 4.88 Å². The molecule has 0 radical (unpaired) electrons. The Balaban J connectivity index is 1.50. The molecule has 0 fully saturated rings. The molecular weight excluding hydrogens is 482 g/mol. The Morgan fingerprint density at radius 1 is 1.20 bits per heavy atom. The van der Waals surface area contributed by atoms with Crippen molar-refractivity contribution in [1.29, 1.82) is 0 Å². The van der Waals surface area contributed by atoms with Crippen LogP contribution >= 0.6 is 22.9 Å². The summed E-state index contributed by atoms with van der Waals surface area (Å²) in [7, 11) is 0. The van der Waals surface area contributed by atoms with E-state index in [9.17, 15) is 9.59 Å². The van der Waals surface area contributed by atoms with Gasteiger partial charge >= 0.3 is 6.03 Å². The van der Waals surface area contributed by atoms with Gasteiger partial charge in [0.15, 0.2) is 0 Å². The lowest BCUT2D eigenvalue weighted by atomic mass is 10.00. The predicted molar refractivity (Wildman–Crippen MR) is 141 cm³/mol. The highest BCUT2D eigenvalue weighted by Crippen LogP contribution is 2.34. The van der Waals surface area contributed by atoms with Gasteiger partial charge in [0.25, 0.3) is 0 Å². The maximum absolute atomic E-state index is 13.6. The number of nitrogens with one attached hydrogen (secondary N) is 1. The van der Waals surface area contributed by atoms with E-state index in [4.69, 9.17) is 16.3 Å². The van der Waals surface area contributed by atoms with Crippen molar-refractivity contribution in [2.45, 2.75) is 38.8 Å². The van der Waals surface area contributed by atoms with Gasteiger partial charge < -0.3 is 19.9 Å². The number of para-hydroxylation sites is 1. The van der Waals surface area contributed by atoms with Crippen LogP contribution in [0.25, 0.3) is 0 Å². The molecule has 0 bridgehead atoms. The van der Waals surface area contributed by atoms with Crippen LogP contribution in [0.15, 0.2) is 66.0 Å². The third-order valence-electron chi connectivity index (χ3n) is 6.33. The van der Waals surface area contributed by atoms with Gasteiger partial charge in [-0.15, -0.1) is 11.3 Å². The van der Waals surface area contributed by atoms with Crippen molar-refractivity contribution in [2.24, 2.45) is 0 Å². The number of ether oxygens (including phenoxy) is 1. The normalized spacial score (nSPS) is 15.7. The van der Waals surface area contributed by atoms with Crippen molar-refractivity contribution in [1.82, 2.24) is 9.80 Å². The standard InChI is InChI=1S/C27H30ClN3O3S/c1-3-19(2)31(27(33)29-21-9-7-8-20(28)16-21)17-26(32)30-14-12-25-23(13-15-35-25)24(30)18-34-22-10-5-4-6-11-22/h4-11,13,15-16,19,24H,3,12,14,17-18H2,1-2H3,(H,29,33)/t19-,24-/m0/s1. The number of carbonyl (C=O) groups excluding carboxylic acids is 2. The topological polar surface area (TPSA) is 61.9 Å². The first-order chi connectivity index (χ1) is 17.0. The van der Waals surface area contributed by atoms with E-state index < -0.39 is 0 Å². The van der Waals surface area contributed by atoms with Crippen molar-refractivity contribution in [2.75, 3.05) is 25.0 Å². The Morgan fingerprint density at radius 2 is 2.00 bits per heavy atom. The summed E-state index contributed by atoms with van der Waals surface area (Å²) in [5.41, 5.74) is 1.72. The number of amides is 3. The molecule has 4 rings (SSSR count). The molecule has 3 aromatic rings. The van der Waals surface area contributed by atoms with Crippen LogP contribution in [-0.4, -0.2) is 47.5 Å². The van der Waals surface area contributed by atoms with E-state index in [2.05, 4.69) is 16.8 Å². The van der Waals surface area contributed by atoms with Gasteiger partial charge in [-0.3, -0.25) is 4.79 Å². The third kappa shape index (κ3) is 6.16. The monoisotopic (exact) mass is 511 g/mol. The average Bonchev–Trinajstić information content (AvgIpc) is 3.35. The van der Waals surface area contributed by atoms with Crippen LogP contribution in [0.4, 0.5) is 10.5 Å². The predicted octanol–water partition coefficient (Wildman–Crippen LogP) is 6.24. The van der Waals surface area contributed by atoms with E-state index >= 15 is 0 Å². The number of halogens is 1. The van der Waals surface area contributed by atoms with Crippen LogP contribution in [0, 0.1) is 0 Å². The van der Waals surface area contributed by atoms with Gasteiger partial charge in [0.1, 0.15) is 18.9 Å². The molecule has 1 N–H and O–H groups in total. The molecule has 1 aliphatic rings. The zero-order valence-electron chi connectivity index (χ0n) is 19.9. The molecule has 8 heteroatoms. The summed E-state index contributed by atoms with van der Waals surface area (Å²) >= 11 is 7.78. The SMILES string of the molecule is CC[C@H](C)N(CC(=O)N1CCc2sccc2[C@@H]1COc1ccccc1)C(=O)Nc1cccc(Cl)c1. The second-order valence-corrected chi connectivity index (χ2v) is 10.0. The van der Waals surface area contributed by atoms with E-state index in [1.54, 1.807) is 40.5 Å². The smallest absolute Gasteiger partial charge is 0.322 e. The minimum Gasteiger partial charge on any atom is -0.491 e. The fourth-order valence-corrected chi connectivity index (χ4v) is 5.33. The first-order valence-electron chi connectivity index (χ1n) is 11.8. The maximum atomic E-state index is 13.6. The summed E-state index contributed by atoms with van der Waals surface area (Å²) in [5, 5.41) is 5.49. The Kier molecular flexibility index (Phi) is 8.31. The van der Waals surface area contributed by atoms with Crippen molar-refractivity contribution >= 4 is 40.6 Å². The lowest BCUT2D eigenvalue weighted by Gasteiger charge is -2.38. The minimum absolute atomic E-state index is 0.0112. The summed E-state index contributed by atoms with van der Waals surface area (Å²) in [6, 6.07) is 18.1. The van der Waals surface area contributed by atoms with Gasteiger partial charge in [0.05, 0.1) is 6.04 Å². The molecular formula is C27H30ClN3O3S. The highest BCUT2D eigenvalue weighted by Gasteiger charge is 2.34. The molecule has 0 aliphatic carbocycles. The lowest BCUT2D eigenvalue weighted by molar-refractivity contribution is -0.135. The van der Waals surface area contributed by atoms with Crippen LogP contribution in [0.5, 0.6) is 5.75 Å². The Labute approximate surface area is 215 Å². The van der Waals surface area contributed by atoms with Crippen LogP contribution in [0.3, 0.4) is 0 Å². The Hall–Kier alpha value is -3.03. The largest absolute Gasteiger partial charge is 0.491 e. The summed E-state index contributed by atoms with van der Waals surface area (Å²) in [4.78, 5) is 31.5. The van der Waals surface area contributed by atoms with Crippen LogP contribution in [0.2, 0.25) is 5.02 Å². The summed E-state index contributed by atoms with van der Waals surface area (Å²) in [6.07, 6.45) is 1.53. The highest BCUT2D eigenvalue weighted by atomic mass is 35.5. The zero-order valence-corrected chi connectivity index (χ0v) is 21.5. The number of thiophene rings is 1. The van der Waals surface area contributed by atoms with Crippen molar-refractivity contribution < 1.29 is 14.3 Å². The number of rotatable bonds is 8. The van der Waals surface area contributed by atoms with Gasteiger partial charge in [-0.1, -0.05) is 42.8 Å². The number of anilines is 1. The van der Waals surface area contributed by atoms with Gasteiger partial charge in [-0.2, -0.15) is 0 Å². The van der Waals surface area contributed by atoms with E-state index in [0.717, 1.165) is 24.2 Å². The molecule has 0 saturated heterocycles. The van der Waals surface area contributed by atoms with E-state index in [0.29, 0.717) is 23.9 Å². The zero-order chi connectivity index (χ0) is 24.8. The molecule has 1 aromatic heterocycles. The summed E-state index contributed by atoms with van der Waals surface area (Å²) in [6.45, 7) is 4.90. The molecule has 3 amide bonds. The Bertz CT molecular complexity index is 1150. The quantitative estimate of drug-likeness (QED) is 0.389. The van der Waals surface area contributed by atoms with Crippen molar-refractivity contribution in [3.05, 3.63) is 81.5 Å². The molecule has 35 heavy (non-hydrogen) atoms. The van der Waals surface area contributed by atoms with E-state index in [1.807, 2.05) is 49.1 Å². The lowest BCUT2D eigenvalue weighted by Crippen LogP contribution is -2.50. The fourth-order valence-electron chi connectivity index (χ4n) is 4.21. The second kappa shape index (κ2) is 11.6. The molecule has 0 saturated carbocycles.